The van der Waals surface area contributed by atoms with Crippen molar-refractivity contribution in [1.82, 2.24) is 10.8 Å². The third-order valence-electron chi connectivity index (χ3n) is 2.55. The molecule has 0 aliphatic carbocycles. The van der Waals surface area contributed by atoms with Crippen LogP contribution in [-0.2, 0) is 9.63 Å². The number of carbonyl (C=O) groups is 1. The lowest BCUT2D eigenvalue weighted by atomic mass is 9.82. The van der Waals surface area contributed by atoms with Crippen molar-refractivity contribution in [3.05, 3.63) is 0 Å². The summed E-state index contributed by atoms with van der Waals surface area (Å²) in [5.41, 5.74) is 1.16. The van der Waals surface area contributed by atoms with E-state index >= 15 is 0 Å². The van der Waals surface area contributed by atoms with Gasteiger partial charge in [0.25, 0.3) is 5.91 Å². The van der Waals surface area contributed by atoms with E-state index in [0.717, 1.165) is 13.0 Å². The Morgan fingerprint density at radius 1 is 1.56 bits per heavy atom. The molecule has 94 valence electrons. The van der Waals surface area contributed by atoms with Crippen LogP contribution in [0.5, 0.6) is 0 Å². The molecule has 0 radical (unpaired) electrons. The second-order valence-corrected chi connectivity index (χ2v) is 4.18. The van der Waals surface area contributed by atoms with Crippen molar-refractivity contribution in [3.63, 3.8) is 0 Å². The Balaban J connectivity index is 2.34. The van der Waals surface area contributed by atoms with Gasteiger partial charge in [-0.25, -0.2) is 5.48 Å². The number of hydroxylamine groups is 1. The van der Waals surface area contributed by atoms with Crippen molar-refractivity contribution in [3.8, 4) is 0 Å². The molecule has 4 nitrogen and oxygen atoms in total. The third kappa shape index (κ3) is 3.97. The maximum absolute atomic E-state index is 11.8. The zero-order chi connectivity index (χ0) is 12.2. The minimum absolute atomic E-state index is 0.453. The lowest BCUT2D eigenvalue weighted by molar-refractivity contribution is -0.194. The van der Waals surface area contributed by atoms with Gasteiger partial charge in [0.05, 0.1) is 5.41 Å². The molecule has 1 unspecified atom stereocenters. The highest BCUT2D eigenvalue weighted by molar-refractivity contribution is 5.81. The largest absolute Gasteiger partial charge is 0.414 e. The standard InChI is InChI=1S/C9H15F3N2O2/c1-8(3-2-4-13-5-8)7(15)14-16-6-9(10,11)12/h13H,2-6H2,1H3,(H,14,15). The first-order chi connectivity index (χ1) is 7.33. The molecule has 0 aromatic heterocycles. The lowest BCUT2D eigenvalue weighted by Gasteiger charge is -2.32. The molecule has 1 fully saturated rings. The summed E-state index contributed by atoms with van der Waals surface area (Å²) < 4.78 is 35.3. The maximum atomic E-state index is 11.8. The average Bonchev–Trinajstić information content (AvgIpc) is 2.16. The molecule has 0 aromatic carbocycles. The van der Waals surface area contributed by atoms with Crippen LogP contribution in [0.2, 0.25) is 0 Å². The van der Waals surface area contributed by atoms with E-state index in [4.69, 9.17) is 0 Å². The molecule has 1 saturated heterocycles. The number of halogens is 3. The fourth-order valence-corrected chi connectivity index (χ4v) is 1.56. The van der Waals surface area contributed by atoms with Crippen LogP contribution in [0.4, 0.5) is 13.2 Å². The van der Waals surface area contributed by atoms with E-state index in [-0.39, 0.29) is 0 Å². The van der Waals surface area contributed by atoms with E-state index in [0.29, 0.717) is 13.0 Å². The summed E-state index contributed by atoms with van der Waals surface area (Å²) in [4.78, 5) is 15.7. The topological polar surface area (TPSA) is 50.4 Å². The summed E-state index contributed by atoms with van der Waals surface area (Å²) in [6.07, 6.45) is -2.97. The minimum Gasteiger partial charge on any atom is -0.316 e. The summed E-state index contributed by atoms with van der Waals surface area (Å²) in [5.74, 6) is -0.510. The third-order valence-corrected chi connectivity index (χ3v) is 2.55. The van der Waals surface area contributed by atoms with Gasteiger partial charge >= 0.3 is 6.18 Å². The van der Waals surface area contributed by atoms with Gasteiger partial charge in [-0.3, -0.25) is 9.63 Å². The first-order valence-electron chi connectivity index (χ1n) is 5.03. The molecule has 1 heterocycles. The lowest BCUT2D eigenvalue weighted by Crippen LogP contribution is -2.49. The molecule has 1 amide bonds. The molecule has 16 heavy (non-hydrogen) atoms. The number of hydrogen-bond acceptors (Lipinski definition) is 3. The van der Waals surface area contributed by atoms with Crippen LogP contribution in [0.15, 0.2) is 0 Å². The second-order valence-electron chi connectivity index (χ2n) is 4.18. The van der Waals surface area contributed by atoms with Gasteiger partial charge in [0.2, 0.25) is 0 Å². The van der Waals surface area contributed by atoms with Crippen molar-refractivity contribution in [2.45, 2.75) is 25.9 Å². The van der Waals surface area contributed by atoms with E-state index in [2.05, 4.69) is 10.2 Å². The molecule has 0 spiro atoms. The number of rotatable bonds is 3. The molecule has 0 aromatic rings. The van der Waals surface area contributed by atoms with Crippen molar-refractivity contribution in [1.29, 1.82) is 0 Å². The Kier molecular flexibility index (Phi) is 4.15. The zero-order valence-electron chi connectivity index (χ0n) is 8.99. The average molecular weight is 240 g/mol. The molecule has 0 saturated carbocycles. The smallest absolute Gasteiger partial charge is 0.316 e. The summed E-state index contributed by atoms with van der Waals surface area (Å²) in [7, 11) is 0. The van der Waals surface area contributed by atoms with Crippen molar-refractivity contribution in [2.75, 3.05) is 19.7 Å². The number of amides is 1. The molecular weight excluding hydrogens is 225 g/mol. The van der Waals surface area contributed by atoms with Crippen molar-refractivity contribution in [2.24, 2.45) is 5.41 Å². The summed E-state index contributed by atoms with van der Waals surface area (Å²) in [6, 6.07) is 0. The van der Waals surface area contributed by atoms with Crippen LogP contribution in [-0.4, -0.2) is 31.8 Å². The monoisotopic (exact) mass is 240 g/mol. The number of piperidine rings is 1. The zero-order valence-corrected chi connectivity index (χ0v) is 8.99. The fourth-order valence-electron chi connectivity index (χ4n) is 1.56. The first kappa shape index (κ1) is 13.2. The van der Waals surface area contributed by atoms with Gasteiger partial charge in [-0.1, -0.05) is 0 Å². The van der Waals surface area contributed by atoms with Crippen LogP contribution in [0.25, 0.3) is 0 Å². The van der Waals surface area contributed by atoms with Gasteiger partial charge in [-0.15, -0.1) is 0 Å². The Morgan fingerprint density at radius 2 is 2.25 bits per heavy atom. The van der Waals surface area contributed by atoms with E-state index in [9.17, 15) is 18.0 Å². The van der Waals surface area contributed by atoms with Crippen LogP contribution < -0.4 is 10.8 Å². The number of carbonyl (C=O) groups excluding carboxylic acids is 1. The molecule has 1 aliphatic rings. The van der Waals surface area contributed by atoms with Gasteiger partial charge in [0, 0.05) is 6.54 Å². The van der Waals surface area contributed by atoms with Crippen molar-refractivity contribution >= 4 is 5.91 Å². The normalized spacial score (nSPS) is 26.5. The van der Waals surface area contributed by atoms with Crippen molar-refractivity contribution < 1.29 is 22.8 Å². The SMILES string of the molecule is CC1(C(=O)NOCC(F)(F)F)CCCNC1. The van der Waals surface area contributed by atoms with E-state index in [1.165, 1.54) is 0 Å². The van der Waals surface area contributed by atoms with E-state index < -0.39 is 24.1 Å². The number of alkyl halides is 3. The first-order valence-corrected chi connectivity index (χ1v) is 5.03. The van der Waals surface area contributed by atoms with Crippen LogP contribution >= 0.6 is 0 Å². The highest BCUT2D eigenvalue weighted by Crippen LogP contribution is 2.25. The highest BCUT2D eigenvalue weighted by atomic mass is 19.4. The van der Waals surface area contributed by atoms with E-state index in [1.54, 1.807) is 6.92 Å². The summed E-state index contributed by atoms with van der Waals surface area (Å²) >= 11 is 0. The Morgan fingerprint density at radius 3 is 2.75 bits per heavy atom. The van der Waals surface area contributed by atoms with Crippen LogP contribution in [0, 0.1) is 5.41 Å². The molecule has 0 bridgehead atoms. The summed E-state index contributed by atoms with van der Waals surface area (Å²) in [5, 5.41) is 3.02. The fraction of sp³-hybridized carbons (Fsp3) is 0.889. The Bertz CT molecular complexity index is 250. The predicted molar refractivity (Wildman–Crippen MR) is 50.4 cm³/mol. The quantitative estimate of drug-likeness (QED) is 0.723. The Hall–Kier alpha value is -0.820. The maximum Gasteiger partial charge on any atom is 0.414 e. The molecule has 1 aliphatic heterocycles. The summed E-state index contributed by atoms with van der Waals surface area (Å²) in [6.45, 7) is 1.51. The van der Waals surface area contributed by atoms with Gasteiger partial charge in [0.1, 0.15) is 0 Å². The highest BCUT2D eigenvalue weighted by Gasteiger charge is 2.36. The van der Waals surface area contributed by atoms with Gasteiger partial charge in [-0.05, 0) is 26.3 Å². The molecule has 2 N–H and O–H groups in total. The van der Waals surface area contributed by atoms with E-state index in [1.807, 2.05) is 5.48 Å². The molecule has 1 atom stereocenters. The predicted octanol–water partition coefficient (Wildman–Crippen LogP) is 0.986. The number of hydrogen-bond donors (Lipinski definition) is 2. The Labute approximate surface area is 91.5 Å². The van der Waals surface area contributed by atoms with Gasteiger partial charge in [0.15, 0.2) is 6.61 Å². The minimum atomic E-state index is -4.43. The van der Waals surface area contributed by atoms with Crippen LogP contribution in [0.3, 0.4) is 0 Å². The molecule has 1 rings (SSSR count). The van der Waals surface area contributed by atoms with Gasteiger partial charge < -0.3 is 5.32 Å². The molecular formula is C9H15F3N2O2. The second kappa shape index (κ2) is 5.01. The number of nitrogens with one attached hydrogen (secondary N) is 2. The molecule has 7 heteroatoms. The van der Waals surface area contributed by atoms with Gasteiger partial charge in [-0.2, -0.15) is 13.2 Å². The van der Waals surface area contributed by atoms with Crippen LogP contribution in [0.1, 0.15) is 19.8 Å².